The SMILES string of the molecule is CS(=O)(=O)Oc1ccc2c(c1)O/C(=C\c1ccc3c(c1)OCO3)C2=O. The lowest BCUT2D eigenvalue weighted by atomic mass is 10.1. The molecule has 0 bridgehead atoms. The second kappa shape index (κ2) is 5.52. The molecule has 2 aliphatic heterocycles. The van der Waals surface area contributed by atoms with Gasteiger partial charge in [0, 0.05) is 6.07 Å². The van der Waals surface area contributed by atoms with Gasteiger partial charge in [0.25, 0.3) is 0 Å². The fourth-order valence-corrected chi connectivity index (χ4v) is 3.00. The number of benzene rings is 2. The average Bonchev–Trinajstić information content (AvgIpc) is 3.10. The number of Topliss-reactive ketones (excluding diaryl/α,β-unsaturated/α-hetero) is 1. The van der Waals surface area contributed by atoms with Gasteiger partial charge in [0.2, 0.25) is 12.6 Å². The summed E-state index contributed by atoms with van der Waals surface area (Å²) in [6.45, 7) is 0.166. The maximum absolute atomic E-state index is 12.4. The van der Waals surface area contributed by atoms with Crippen LogP contribution in [0.1, 0.15) is 15.9 Å². The van der Waals surface area contributed by atoms with Crippen molar-refractivity contribution in [2.24, 2.45) is 0 Å². The molecule has 0 fully saturated rings. The number of carbonyl (C=O) groups excluding carboxylic acids is 1. The van der Waals surface area contributed by atoms with Crippen molar-refractivity contribution in [3.63, 3.8) is 0 Å². The van der Waals surface area contributed by atoms with E-state index >= 15 is 0 Å². The second-order valence-electron chi connectivity index (χ2n) is 5.50. The van der Waals surface area contributed by atoms with Gasteiger partial charge >= 0.3 is 10.1 Å². The maximum Gasteiger partial charge on any atom is 0.306 e. The van der Waals surface area contributed by atoms with Crippen molar-refractivity contribution in [1.82, 2.24) is 0 Å². The summed E-state index contributed by atoms with van der Waals surface area (Å²) in [5.41, 5.74) is 1.06. The van der Waals surface area contributed by atoms with Crippen LogP contribution in [0.4, 0.5) is 0 Å². The normalized spacial score (nSPS) is 16.7. The van der Waals surface area contributed by atoms with E-state index in [9.17, 15) is 13.2 Å². The first-order valence-electron chi connectivity index (χ1n) is 7.26. The van der Waals surface area contributed by atoms with Gasteiger partial charge in [0.1, 0.15) is 11.5 Å². The van der Waals surface area contributed by atoms with Crippen LogP contribution in [0.3, 0.4) is 0 Å². The Morgan fingerprint density at radius 1 is 1.04 bits per heavy atom. The van der Waals surface area contributed by atoms with Gasteiger partial charge < -0.3 is 18.4 Å². The lowest BCUT2D eigenvalue weighted by Crippen LogP contribution is -2.05. The topological polar surface area (TPSA) is 88.1 Å². The van der Waals surface area contributed by atoms with E-state index in [1.807, 2.05) is 0 Å². The van der Waals surface area contributed by atoms with E-state index in [-0.39, 0.29) is 29.8 Å². The van der Waals surface area contributed by atoms with E-state index in [2.05, 4.69) is 0 Å². The predicted molar refractivity (Wildman–Crippen MR) is 87.4 cm³/mol. The van der Waals surface area contributed by atoms with Crippen LogP contribution in [0.15, 0.2) is 42.2 Å². The molecule has 0 N–H and O–H groups in total. The Hall–Kier alpha value is -3.00. The molecule has 128 valence electrons. The second-order valence-corrected chi connectivity index (χ2v) is 7.07. The fraction of sp³-hybridized carbons (Fsp3) is 0.118. The monoisotopic (exact) mass is 360 g/mol. The molecule has 0 aliphatic carbocycles. The number of rotatable bonds is 3. The average molecular weight is 360 g/mol. The third kappa shape index (κ3) is 3.03. The maximum atomic E-state index is 12.4. The third-order valence-corrected chi connectivity index (χ3v) is 4.08. The third-order valence-electron chi connectivity index (χ3n) is 3.58. The van der Waals surface area contributed by atoms with E-state index in [1.54, 1.807) is 24.3 Å². The van der Waals surface area contributed by atoms with Gasteiger partial charge in [-0.2, -0.15) is 8.42 Å². The molecule has 7 nitrogen and oxygen atoms in total. The van der Waals surface area contributed by atoms with Crippen molar-refractivity contribution < 1.29 is 31.6 Å². The Bertz CT molecular complexity index is 1020. The molecule has 4 rings (SSSR count). The summed E-state index contributed by atoms with van der Waals surface area (Å²) in [4.78, 5) is 12.4. The minimum atomic E-state index is -3.66. The lowest BCUT2D eigenvalue weighted by Gasteiger charge is -2.04. The van der Waals surface area contributed by atoms with E-state index in [0.29, 0.717) is 22.6 Å². The van der Waals surface area contributed by atoms with Crippen LogP contribution in [0, 0.1) is 0 Å². The van der Waals surface area contributed by atoms with Crippen LogP contribution in [0.5, 0.6) is 23.0 Å². The van der Waals surface area contributed by atoms with Crippen molar-refractivity contribution in [3.05, 3.63) is 53.3 Å². The molecule has 0 amide bonds. The summed E-state index contributed by atoms with van der Waals surface area (Å²) in [6, 6.07) is 9.52. The highest BCUT2D eigenvalue weighted by molar-refractivity contribution is 7.86. The van der Waals surface area contributed by atoms with E-state index in [0.717, 1.165) is 6.26 Å². The minimum absolute atomic E-state index is 0.0818. The van der Waals surface area contributed by atoms with Gasteiger partial charge in [-0.15, -0.1) is 0 Å². The van der Waals surface area contributed by atoms with Crippen molar-refractivity contribution in [2.45, 2.75) is 0 Å². The predicted octanol–water partition coefficient (Wildman–Crippen LogP) is 2.37. The Morgan fingerprint density at radius 3 is 2.64 bits per heavy atom. The number of allylic oxidation sites excluding steroid dienone is 1. The quantitative estimate of drug-likeness (QED) is 0.613. The first-order chi connectivity index (χ1) is 11.9. The lowest BCUT2D eigenvalue weighted by molar-refractivity contribution is 0.101. The molecule has 8 heteroatoms. The summed E-state index contributed by atoms with van der Waals surface area (Å²) in [5, 5.41) is 0. The van der Waals surface area contributed by atoms with E-state index in [1.165, 1.54) is 18.2 Å². The fourth-order valence-electron chi connectivity index (χ4n) is 2.55. The molecule has 0 spiro atoms. The number of hydrogen-bond donors (Lipinski definition) is 0. The van der Waals surface area contributed by atoms with Crippen molar-refractivity contribution >= 4 is 22.0 Å². The molecule has 0 unspecified atom stereocenters. The molecule has 2 aromatic rings. The number of ether oxygens (including phenoxy) is 3. The van der Waals surface area contributed by atoms with Crippen LogP contribution in [-0.4, -0.2) is 27.2 Å². The van der Waals surface area contributed by atoms with Crippen molar-refractivity contribution in [1.29, 1.82) is 0 Å². The Balaban J connectivity index is 1.63. The van der Waals surface area contributed by atoms with Crippen molar-refractivity contribution in [3.8, 4) is 23.0 Å². The highest BCUT2D eigenvalue weighted by atomic mass is 32.2. The van der Waals surface area contributed by atoms with Gasteiger partial charge in [-0.1, -0.05) is 6.07 Å². The highest BCUT2D eigenvalue weighted by Crippen LogP contribution is 2.37. The summed E-state index contributed by atoms with van der Waals surface area (Å²) >= 11 is 0. The molecule has 2 aliphatic rings. The van der Waals surface area contributed by atoms with Crippen LogP contribution in [0.2, 0.25) is 0 Å². The number of fused-ring (bicyclic) bond motifs is 2. The summed E-state index contributed by atoms with van der Waals surface area (Å²) in [6.07, 6.45) is 2.53. The Labute approximate surface area is 143 Å². The molecule has 0 saturated carbocycles. The van der Waals surface area contributed by atoms with Crippen LogP contribution < -0.4 is 18.4 Å². The molecular formula is C17H12O7S. The number of hydrogen-bond acceptors (Lipinski definition) is 7. The summed E-state index contributed by atoms with van der Waals surface area (Å²) < 4.78 is 43.3. The van der Waals surface area contributed by atoms with Gasteiger partial charge in [0.05, 0.1) is 11.8 Å². The largest absolute Gasteiger partial charge is 0.454 e. The Kier molecular flexibility index (Phi) is 3.43. The molecule has 0 atom stereocenters. The molecule has 2 aromatic carbocycles. The van der Waals surface area contributed by atoms with Gasteiger partial charge in [-0.05, 0) is 35.9 Å². The first kappa shape index (κ1) is 15.5. The van der Waals surface area contributed by atoms with Gasteiger partial charge in [-0.25, -0.2) is 0 Å². The molecule has 2 heterocycles. The van der Waals surface area contributed by atoms with Gasteiger partial charge in [0.15, 0.2) is 17.3 Å². The first-order valence-corrected chi connectivity index (χ1v) is 9.08. The van der Waals surface area contributed by atoms with Crippen LogP contribution >= 0.6 is 0 Å². The van der Waals surface area contributed by atoms with Crippen LogP contribution in [-0.2, 0) is 10.1 Å². The van der Waals surface area contributed by atoms with Crippen molar-refractivity contribution in [2.75, 3.05) is 13.0 Å². The highest BCUT2D eigenvalue weighted by Gasteiger charge is 2.28. The molecule has 0 aromatic heterocycles. The Morgan fingerprint density at radius 2 is 1.84 bits per heavy atom. The minimum Gasteiger partial charge on any atom is -0.454 e. The number of carbonyl (C=O) groups is 1. The molecular weight excluding hydrogens is 348 g/mol. The van der Waals surface area contributed by atoms with Gasteiger partial charge in [-0.3, -0.25) is 4.79 Å². The zero-order valence-electron chi connectivity index (χ0n) is 13.0. The zero-order valence-corrected chi connectivity index (χ0v) is 13.8. The standard InChI is InChI=1S/C17H12O7S/c1-25(19,20)24-11-3-4-12-14(8-11)23-16(17(12)18)7-10-2-5-13-15(6-10)22-9-21-13/h2-8H,9H2,1H3/b16-7-. The zero-order chi connectivity index (χ0) is 17.6. The van der Waals surface area contributed by atoms with E-state index < -0.39 is 10.1 Å². The van der Waals surface area contributed by atoms with E-state index in [4.69, 9.17) is 18.4 Å². The summed E-state index contributed by atoms with van der Waals surface area (Å²) in [5.74, 6) is 1.41. The van der Waals surface area contributed by atoms with Crippen LogP contribution in [0.25, 0.3) is 6.08 Å². The number of ketones is 1. The smallest absolute Gasteiger partial charge is 0.306 e. The molecule has 25 heavy (non-hydrogen) atoms. The summed E-state index contributed by atoms with van der Waals surface area (Å²) in [7, 11) is -3.66. The molecule has 0 radical (unpaired) electrons. The molecule has 0 saturated heterocycles.